The maximum atomic E-state index is 13.7. The maximum absolute atomic E-state index is 13.7. The summed E-state index contributed by atoms with van der Waals surface area (Å²) in [4.78, 5) is 43.3. The maximum Gasteiger partial charge on any atom is 0.270 e. The van der Waals surface area contributed by atoms with E-state index in [1.807, 2.05) is 18.2 Å². The number of anilines is 1. The molecule has 0 spiro atoms. The second-order valence-corrected chi connectivity index (χ2v) is 10.2. The first kappa shape index (κ1) is 25.9. The van der Waals surface area contributed by atoms with Crippen molar-refractivity contribution < 1.29 is 29.1 Å². The van der Waals surface area contributed by atoms with Crippen LogP contribution in [0.1, 0.15) is 27.9 Å². The molecule has 1 N–H and O–H groups in total. The van der Waals surface area contributed by atoms with Crippen molar-refractivity contribution in [3.63, 3.8) is 0 Å². The molecule has 1 unspecified atom stereocenters. The highest BCUT2D eigenvalue weighted by Crippen LogP contribution is 2.43. The highest BCUT2D eigenvalue weighted by Gasteiger charge is 2.51. The Labute approximate surface area is 230 Å². The van der Waals surface area contributed by atoms with E-state index >= 15 is 0 Å². The molecule has 206 valence electrons. The smallest absolute Gasteiger partial charge is 0.270 e. The number of hydrogen-bond acceptors (Lipinski definition) is 9. The van der Waals surface area contributed by atoms with Gasteiger partial charge in [-0.15, -0.1) is 0 Å². The Bertz CT molecular complexity index is 1490. The molecule has 0 aliphatic carbocycles. The average Bonchev–Trinajstić information content (AvgIpc) is 3.51. The minimum Gasteiger partial charge on any atom is -0.454 e. The van der Waals surface area contributed by atoms with Crippen molar-refractivity contribution in [2.75, 3.05) is 44.5 Å². The number of hydrogen-bond donors (Lipinski definition) is 1. The number of nitro benzene ring substituents is 1. The van der Waals surface area contributed by atoms with E-state index in [2.05, 4.69) is 9.80 Å². The number of non-ortho nitro benzene ring substituents is 1. The Morgan fingerprint density at radius 3 is 2.50 bits per heavy atom. The first-order valence-electron chi connectivity index (χ1n) is 13.1. The third-order valence-corrected chi connectivity index (χ3v) is 7.68. The van der Waals surface area contributed by atoms with Crippen LogP contribution in [-0.4, -0.2) is 71.2 Å². The fraction of sp³-hybridized carbons (Fsp3) is 0.310. The first-order chi connectivity index (χ1) is 19.3. The Kier molecular flexibility index (Phi) is 6.70. The van der Waals surface area contributed by atoms with Gasteiger partial charge in [0.15, 0.2) is 22.9 Å². The van der Waals surface area contributed by atoms with Crippen LogP contribution in [-0.2, 0) is 16.9 Å². The first-order valence-corrected chi connectivity index (χ1v) is 13.1. The van der Waals surface area contributed by atoms with Gasteiger partial charge in [0, 0.05) is 56.0 Å². The van der Waals surface area contributed by atoms with Crippen LogP contribution >= 0.6 is 0 Å². The summed E-state index contributed by atoms with van der Waals surface area (Å²) >= 11 is 0. The predicted octanol–water partition coefficient (Wildman–Crippen LogP) is 2.91. The molecule has 1 saturated heterocycles. The van der Waals surface area contributed by atoms with Gasteiger partial charge in [-0.1, -0.05) is 36.4 Å². The Balaban J connectivity index is 1.12. The van der Waals surface area contributed by atoms with E-state index in [1.54, 1.807) is 24.3 Å². The van der Waals surface area contributed by atoms with Gasteiger partial charge in [0.05, 0.1) is 23.7 Å². The molecule has 3 aliphatic heterocycles. The molecule has 11 nitrogen and oxygen atoms in total. The zero-order chi connectivity index (χ0) is 27.9. The lowest BCUT2D eigenvalue weighted by molar-refractivity contribution is -0.384. The molecular weight excluding hydrogens is 516 g/mol. The van der Waals surface area contributed by atoms with Crippen LogP contribution < -0.4 is 14.4 Å². The molecule has 0 bridgehead atoms. The lowest BCUT2D eigenvalue weighted by atomic mass is 9.88. The standard InChI is InChI=1S/C29H28N4O7/c34-25(21-4-3-5-22(15-21)33(37)38)16-29(36)23-6-1-2-7-24(23)32(28(29)35)18-31-12-10-30(11-13-31)17-20-8-9-26-27(14-20)40-19-39-26/h1-9,14-15,36H,10-13,16-19H2. The third kappa shape index (κ3) is 4.79. The summed E-state index contributed by atoms with van der Waals surface area (Å²) in [6, 6.07) is 18.2. The van der Waals surface area contributed by atoms with Gasteiger partial charge < -0.3 is 14.6 Å². The van der Waals surface area contributed by atoms with Gasteiger partial charge in [-0.2, -0.15) is 0 Å². The van der Waals surface area contributed by atoms with Crippen molar-refractivity contribution in [3.05, 3.63) is 93.5 Å². The van der Waals surface area contributed by atoms with Gasteiger partial charge in [0.1, 0.15) is 0 Å². The van der Waals surface area contributed by atoms with E-state index in [4.69, 9.17) is 9.47 Å². The van der Waals surface area contributed by atoms with E-state index < -0.39 is 28.6 Å². The minimum absolute atomic E-state index is 0.0740. The summed E-state index contributed by atoms with van der Waals surface area (Å²) in [5.41, 5.74) is -0.149. The van der Waals surface area contributed by atoms with Crippen LogP contribution in [0.25, 0.3) is 0 Å². The molecule has 1 fully saturated rings. The summed E-state index contributed by atoms with van der Waals surface area (Å²) < 4.78 is 10.9. The quantitative estimate of drug-likeness (QED) is 0.259. The Morgan fingerprint density at radius 2 is 1.70 bits per heavy atom. The number of benzene rings is 3. The van der Waals surface area contributed by atoms with Crippen LogP contribution in [0.4, 0.5) is 11.4 Å². The lowest BCUT2D eigenvalue weighted by Gasteiger charge is -2.37. The molecule has 3 heterocycles. The van der Waals surface area contributed by atoms with Gasteiger partial charge in [0.25, 0.3) is 11.6 Å². The van der Waals surface area contributed by atoms with Gasteiger partial charge in [-0.25, -0.2) is 0 Å². The molecule has 1 atom stereocenters. The molecule has 0 aromatic heterocycles. The van der Waals surface area contributed by atoms with Crippen LogP contribution in [0.2, 0.25) is 0 Å². The number of carbonyl (C=O) groups is 2. The number of amides is 1. The second-order valence-electron chi connectivity index (χ2n) is 10.2. The number of Topliss-reactive ketones (excluding diaryl/α,β-unsaturated/α-hetero) is 1. The zero-order valence-electron chi connectivity index (χ0n) is 21.7. The molecule has 3 aliphatic rings. The van der Waals surface area contributed by atoms with E-state index in [-0.39, 0.29) is 24.7 Å². The summed E-state index contributed by atoms with van der Waals surface area (Å²) in [6.45, 7) is 4.34. The average molecular weight is 545 g/mol. The number of ether oxygens (including phenoxy) is 2. The number of carbonyl (C=O) groups excluding carboxylic acids is 2. The number of rotatable bonds is 8. The SMILES string of the molecule is O=C(CC1(O)C(=O)N(CN2CCN(Cc3ccc4c(c3)OCO4)CC2)c2ccccc21)c1cccc([N+](=O)[O-])c1. The predicted molar refractivity (Wildman–Crippen MR) is 144 cm³/mol. The number of nitro groups is 1. The van der Waals surface area contributed by atoms with Crippen LogP contribution in [0.3, 0.4) is 0 Å². The monoisotopic (exact) mass is 544 g/mol. The zero-order valence-corrected chi connectivity index (χ0v) is 21.7. The summed E-state index contributed by atoms with van der Waals surface area (Å²) in [7, 11) is 0. The van der Waals surface area contributed by atoms with E-state index in [0.29, 0.717) is 11.3 Å². The van der Waals surface area contributed by atoms with Gasteiger partial charge in [-0.3, -0.25) is 34.4 Å². The number of para-hydroxylation sites is 1. The Morgan fingerprint density at radius 1 is 0.950 bits per heavy atom. The fourth-order valence-electron chi connectivity index (χ4n) is 5.53. The number of aliphatic hydroxyl groups is 1. The highest BCUT2D eigenvalue weighted by atomic mass is 16.7. The molecular formula is C29H28N4O7. The number of ketones is 1. The van der Waals surface area contributed by atoms with Gasteiger partial charge in [-0.05, 0) is 23.8 Å². The summed E-state index contributed by atoms with van der Waals surface area (Å²) in [6.07, 6.45) is -0.510. The fourth-order valence-corrected chi connectivity index (χ4v) is 5.53. The molecule has 3 aromatic rings. The number of piperazine rings is 1. The lowest BCUT2D eigenvalue weighted by Crippen LogP contribution is -2.52. The molecule has 1 amide bonds. The molecule has 0 radical (unpaired) electrons. The highest BCUT2D eigenvalue weighted by molar-refractivity contribution is 6.10. The van der Waals surface area contributed by atoms with E-state index in [1.165, 1.54) is 23.1 Å². The Hall–Kier alpha value is -4.32. The summed E-state index contributed by atoms with van der Waals surface area (Å²) in [5, 5.41) is 22.8. The van der Waals surface area contributed by atoms with Gasteiger partial charge in [0.2, 0.25) is 6.79 Å². The third-order valence-electron chi connectivity index (χ3n) is 7.68. The molecule has 11 heteroatoms. The van der Waals surface area contributed by atoms with E-state index in [9.17, 15) is 24.8 Å². The van der Waals surface area contributed by atoms with Crippen LogP contribution in [0, 0.1) is 10.1 Å². The largest absolute Gasteiger partial charge is 0.454 e. The molecule has 40 heavy (non-hydrogen) atoms. The van der Waals surface area contributed by atoms with Crippen molar-refractivity contribution in [3.8, 4) is 11.5 Å². The van der Waals surface area contributed by atoms with Gasteiger partial charge >= 0.3 is 0 Å². The van der Waals surface area contributed by atoms with Crippen molar-refractivity contribution >= 4 is 23.1 Å². The van der Waals surface area contributed by atoms with Crippen molar-refractivity contribution in [1.82, 2.24) is 9.80 Å². The van der Waals surface area contributed by atoms with Crippen molar-refractivity contribution in [2.24, 2.45) is 0 Å². The second kappa shape index (κ2) is 10.3. The minimum atomic E-state index is -2.06. The number of nitrogens with zero attached hydrogens (tertiary/aromatic N) is 4. The summed E-state index contributed by atoms with van der Waals surface area (Å²) in [5.74, 6) is 0.401. The molecule has 3 aromatic carbocycles. The topological polar surface area (TPSA) is 126 Å². The van der Waals surface area contributed by atoms with Crippen LogP contribution in [0.15, 0.2) is 66.7 Å². The normalized spacial score (nSPS) is 20.5. The van der Waals surface area contributed by atoms with Crippen molar-refractivity contribution in [1.29, 1.82) is 0 Å². The van der Waals surface area contributed by atoms with Crippen LogP contribution in [0.5, 0.6) is 11.5 Å². The molecule has 0 saturated carbocycles. The van der Waals surface area contributed by atoms with Crippen molar-refractivity contribution in [2.45, 2.75) is 18.6 Å². The van der Waals surface area contributed by atoms with E-state index in [0.717, 1.165) is 55.9 Å². The number of fused-ring (bicyclic) bond motifs is 2. The molecule has 6 rings (SSSR count).